The molecule has 1 N–H and O–H groups in total. The van der Waals surface area contributed by atoms with Gasteiger partial charge < -0.3 is 5.32 Å². The quantitative estimate of drug-likeness (QED) is 0.708. The molecule has 1 unspecified atom stereocenters. The molecule has 1 aliphatic rings. The van der Waals surface area contributed by atoms with Gasteiger partial charge in [0.25, 0.3) is 5.56 Å². The molecule has 2 heterocycles. The highest BCUT2D eigenvalue weighted by Gasteiger charge is 2.33. The molecule has 140 valence electrons. The Balaban J connectivity index is 1.46. The van der Waals surface area contributed by atoms with Gasteiger partial charge in [0, 0.05) is 17.8 Å². The Morgan fingerprint density at radius 3 is 2.74 bits per heavy atom. The van der Waals surface area contributed by atoms with Crippen LogP contribution in [0.15, 0.2) is 41.5 Å². The second-order valence-corrected chi connectivity index (χ2v) is 8.45. The van der Waals surface area contributed by atoms with Crippen LogP contribution in [0, 0.1) is 19.8 Å². The van der Waals surface area contributed by atoms with Crippen LogP contribution in [-0.4, -0.2) is 15.5 Å². The monoisotopic (exact) mass is 381 g/mol. The van der Waals surface area contributed by atoms with Gasteiger partial charge in [-0.15, -0.1) is 11.3 Å². The van der Waals surface area contributed by atoms with E-state index in [1.807, 2.05) is 32.0 Å². The van der Waals surface area contributed by atoms with Crippen molar-refractivity contribution in [2.45, 2.75) is 45.7 Å². The number of thiophene rings is 1. The van der Waals surface area contributed by atoms with Gasteiger partial charge in [-0.1, -0.05) is 30.3 Å². The SMILES string of the molecule is Cc1sc2ncn(CCC(=O)NC(c3ccccc3)C3CC3)c(=O)c2c1C. The largest absolute Gasteiger partial charge is 0.349 e. The number of rotatable bonds is 6. The summed E-state index contributed by atoms with van der Waals surface area (Å²) in [6, 6.07) is 10.2. The van der Waals surface area contributed by atoms with Crippen molar-refractivity contribution in [3.8, 4) is 0 Å². The van der Waals surface area contributed by atoms with E-state index >= 15 is 0 Å². The number of aryl methyl sites for hydroxylation is 3. The minimum atomic E-state index is -0.0588. The summed E-state index contributed by atoms with van der Waals surface area (Å²) in [6.07, 6.45) is 4.13. The predicted octanol–water partition coefficient (Wildman–Crippen LogP) is 3.73. The van der Waals surface area contributed by atoms with E-state index < -0.39 is 0 Å². The Morgan fingerprint density at radius 2 is 2.04 bits per heavy atom. The molecule has 1 aromatic carbocycles. The zero-order valence-corrected chi connectivity index (χ0v) is 16.4. The van der Waals surface area contributed by atoms with Crippen LogP contribution in [0.4, 0.5) is 0 Å². The normalized spacial score (nSPS) is 15.0. The molecule has 3 aromatic rings. The second-order valence-electron chi connectivity index (χ2n) is 7.25. The van der Waals surface area contributed by atoms with Crippen molar-refractivity contribution in [1.29, 1.82) is 0 Å². The minimum absolute atomic E-state index is 0.0269. The van der Waals surface area contributed by atoms with Crippen LogP contribution in [0.2, 0.25) is 0 Å². The van der Waals surface area contributed by atoms with E-state index in [1.165, 1.54) is 11.3 Å². The first-order valence-electron chi connectivity index (χ1n) is 9.34. The highest BCUT2D eigenvalue weighted by atomic mass is 32.1. The summed E-state index contributed by atoms with van der Waals surface area (Å²) in [5, 5.41) is 3.85. The number of amides is 1. The average molecular weight is 382 g/mol. The zero-order valence-electron chi connectivity index (χ0n) is 15.6. The number of hydrogen-bond donors (Lipinski definition) is 1. The summed E-state index contributed by atoms with van der Waals surface area (Å²) in [4.78, 5) is 31.5. The third kappa shape index (κ3) is 3.67. The van der Waals surface area contributed by atoms with E-state index in [0.717, 1.165) is 33.7 Å². The molecule has 0 spiro atoms. The topological polar surface area (TPSA) is 64.0 Å². The van der Waals surface area contributed by atoms with Crippen molar-refractivity contribution >= 4 is 27.5 Å². The lowest BCUT2D eigenvalue weighted by Gasteiger charge is -2.19. The molecule has 1 fully saturated rings. The first-order valence-corrected chi connectivity index (χ1v) is 10.2. The molecule has 0 radical (unpaired) electrons. The van der Waals surface area contributed by atoms with Gasteiger partial charge in [-0.25, -0.2) is 4.98 Å². The van der Waals surface area contributed by atoms with Crippen molar-refractivity contribution in [2.24, 2.45) is 5.92 Å². The van der Waals surface area contributed by atoms with Gasteiger partial charge in [0.1, 0.15) is 4.83 Å². The smallest absolute Gasteiger partial charge is 0.262 e. The Bertz CT molecular complexity index is 1030. The molecule has 27 heavy (non-hydrogen) atoms. The number of benzene rings is 1. The lowest BCUT2D eigenvalue weighted by molar-refractivity contribution is -0.122. The van der Waals surface area contributed by atoms with Gasteiger partial charge >= 0.3 is 0 Å². The van der Waals surface area contributed by atoms with Crippen molar-refractivity contribution in [2.75, 3.05) is 0 Å². The molecular weight excluding hydrogens is 358 g/mol. The molecule has 5 nitrogen and oxygen atoms in total. The van der Waals surface area contributed by atoms with Gasteiger partial charge in [0.05, 0.1) is 17.8 Å². The third-order valence-corrected chi connectivity index (χ3v) is 6.42. The first kappa shape index (κ1) is 17.9. The van der Waals surface area contributed by atoms with Crippen LogP contribution < -0.4 is 10.9 Å². The summed E-state index contributed by atoms with van der Waals surface area (Å²) in [6.45, 7) is 4.29. The first-order chi connectivity index (χ1) is 13.0. The van der Waals surface area contributed by atoms with Crippen LogP contribution in [0.3, 0.4) is 0 Å². The maximum absolute atomic E-state index is 12.7. The molecule has 0 bridgehead atoms. The standard InChI is InChI=1S/C21H23N3O2S/c1-13-14(2)27-20-18(13)21(26)24(12-22-20)11-10-17(25)23-19(16-8-9-16)15-6-4-3-5-7-15/h3-7,12,16,19H,8-11H2,1-2H3,(H,23,25). The lowest BCUT2D eigenvalue weighted by Crippen LogP contribution is -2.31. The summed E-state index contributed by atoms with van der Waals surface area (Å²) >= 11 is 1.54. The molecule has 1 saturated carbocycles. The summed E-state index contributed by atoms with van der Waals surface area (Å²) in [5.41, 5.74) is 2.08. The van der Waals surface area contributed by atoms with Crippen molar-refractivity contribution in [1.82, 2.24) is 14.9 Å². The van der Waals surface area contributed by atoms with E-state index in [0.29, 0.717) is 17.8 Å². The molecule has 1 aliphatic carbocycles. The Hall–Kier alpha value is -2.47. The molecule has 4 rings (SSSR count). The van der Waals surface area contributed by atoms with Crippen molar-refractivity contribution in [3.63, 3.8) is 0 Å². The molecule has 0 aliphatic heterocycles. The number of aromatic nitrogens is 2. The molecule has 0 saturated heterocycles. The van der Waals surface area contributed by atoms with Crippen LogP contribution >= 0.6 is 11.3 Å². The molecule has 6 heteroatoms. The maximum atomic E-state index is 12.7. The molecule has 1 amide bonds. The van der Waals surface area contributed by atoms with E-state index in [-0.39, 0.29) is 23.9 Å². The summed E-state index contributed by atoms with van der Waals surface area (Å²) in [7, 11) is 0. The van der Waals surface area contributed by atoms with Gasteiger partial charge in [0.15, 0.2) is 0 Å². The summed E-state index contributed by atoms with van der Waals surface area (Å²) in [5.74, 6) is 0.495. The van der Waals surface area contributed by atoms with Crippen molar-refractivity contribution < 1.29 is 4.79 Å². The number of carbonyl (C=O) groups is 1. The van der Waals surface area contributed by atoms with E-state index in [1.54, 1.807) is 10.9 Å². The van der Waals surface area contributed by atoms with Gasteiger partial charge in [0.2, 0.25) is 5.91 Å². The Kier molecular flexibility index (Phi) is 4.83. The number of nitrogens with zero attached hydrogens (tertiary/aromatic N) is 2. The highest BCUT2D eigenvalue weighted by Crippen LogP contribution is 2.40. The molecular formula is C21H23N3O2S. The Morgan fingerprint density at radius 1 is 1.30 bits per heavy atom. The number of hydrogen-bond acceptors (Lipinski definition) is 4. The fraction of sp³-hybridized carbons (Fsp3) is 0.381. The zero-order chi connectivity index (χ0) is 19.0. The van der Waals surface area contributed by atoms with Gasteiger partial charge in [-0.05, 0) is 43.7 Å². The average Bonchev–Trinajstić information content (AvgIpc) is 3.46. The number of nitrogens with one attached hydrogen (secondary N) is 1. The fourth-order valence-corrected chi connectivity index (χ4v) is 4.45. The third-order valence-electron chi connectivity index (χ3n) is 5.30. The van der Waals surface area contributed by atoms with Crippen molar-refractivity contribution in [3.05, 3.63) is 63.0 Å². The predicted molar refractivity (Wildman–Crippen MR) is 108 cm³/mol. The maximum Gasteiger partial charge on any atom is 0.262 e. The van der Waals surface area contributed by atoms with Crippen LogP contribution in [-0.2, 0) is 11.3 Å². The highest BCUT2D eigenvalue weighted by molar-refractivity contribution is 7.18. The van der Waals surface area contributed by atoms with Crippen LogP contribution in [0.1, 0.15) is 41.3 Å². The van der Waals surface area contributed by atoms with Crippen LogP contribution in [0.25, 0.3) is 10.2 Å². The number of carbonyl (C=O) groups excluding carboxylic acids is 1. The lowest BCUT2D eigenvalue weighted by atomic mass is 10.0. The van der Waals surface area contributed by atoms with E-state index in [4.69, 9.17) is 0 Å². The Labute approximate surface area is 162 Å². The fourth-order valence-electron chi connectivity index (χ4n) is 3.46. The van der Waals surface area contributed by atoms with Gasteiger partial charge in [-0.3, -0.25) is 14.2 Å². The second kappa shape index (κ2) is 7.27. The summed E-state index contributed by atoms with van der Waals surface area (Å²) < 4.78 is 1.55. The molecule has 1 atom stereocenters. The van der Waals surface area contributed by atoms with E-state index in [9.17, 15) is 9.59 Å². The van der Waals surface area contributed by atoms with Gasteiger partial charge in [-0.2, -0.15) is 0 Å². The van der Waals surface area contributed by atoms with E-state index in [2.05, 4.69) is 22.4 Å². The molecule has 2 aromatic heterocycles. The number of fused-ring (bicyclic) bond motifs is 1. The minimum Gasteiger partial charge on any atom is -0.349 e. The van der Waals surface area contributed by atoms with Crippen LogP contribution in [0.5, 0.6) is 0 Å².